The van der Waals surface area contributed by atoms with E-state index in [4.69, 9.17) is 4.74 Å². The van der Waals surface area contributed by atoms with Crippen LogP contribution in [0.25, 0.3) is 16.9 Å². The highest BCUT2D eigenvalue weighted by atomic mass is 16.6. The second-order valence-electron chi connectivity index (χ2n) is 8.47. The fourth-order valence-electron chi connectivity index (χ4n) is 3.85. The Balaban J connectivity index is 1.37. The molecule has 0 N–H and O–H groups in total. The van der Waals surface area contributed by atoms with E-state index >= 15 is 0 Å². The lowest BCUT2D eigenvalue weighted by Gasteiger charge is -2.08. The van der Waals surface area contributed by atoms with Gasteiger partial charge in [-0.25, -0.2) is 4.68 Å². The van der Waals surface area contributed by atoms with Gasteiger partial charge in [-0.05, 0) is 48.9 Å². The molecule has 0 amide bonds. The van der Waals surface area contributed by atoms with Crippen molar-refractivity contribution in [2.24, 2.45) is 0 Å². The van der Waals surface area contributed by atoms with Crippen LogP contribution in [0.3, 0.4) is 0 Å². The first-order chi connectivity index (χ1) is 16.2. The smallest absolute Gasteiger partial charge is 0.269 e. The number of rotatable bonds is 15. The SMILES string of the molecule is CCCCCCCCCCCCOc1ccc(-n2ccc(-c3ccc([N+](=O)[O-])cc3)n2)cc1. The number of non-ortho nitro benzene ring substituents is 1. The molecular formula is C27H35N3O3. The van der Waals surface area contributed by atoms with Crippen LogP contribution in [0.15, 0.2) is 60.8 Å². The Kier molecular flexibility index (Phi) is 9.95. The molecule has 176 valence electrons. The molecule has 0 spiro atoms. The number of benzene rings is 2. The van der Waals surface area contributed by atoms with Crippen molar-refractivity contribution in [2.75, 3.05) is 6.61 Å². The number of hydrogen-bond acceptors (Lipinski definition) is 4. The van der Waals surface area contributed by atoms with Gasteiger partial charge in [-0.3, -0.25) is 10.1 Å². The van der Waals surface area contributed by atoms with E-state index in [9.17, 15) is 10.1 Å². The molecule has 0 aliphatic carbocycles. The minimum atomic E-state index is -0.400. The molecule has 1 aromatic heterocycles. The summed E-state index contributed by atoms with van der Waals surface area (Å²) in [6.07, 6.45) is 15.1. The summed E-state index contributed by atoms with van der Waals surface area (Å²) in [4.78, 5) is 10.4. The zero-order chi connectivity index (χ0) is 23.3. The standard InChI is InChI=1S/C27H35N3O3/c1-2-3-4-5-6-7-8-9-10-11-22-33-26-18-16-24(17-19-26)29-21-20-27(28-29)23-12-14-25(15-13-23)30(31)32/h12-21H,2-11,22H2,1H3. The maximum Gasteiger partial charge on any atom is 0.269 e. The fourth-order valence-corrected chi connectivity index (χ4v) is 3.85. The Morgan fingerprint density at radius 1 is 0.818 bits per heavy atom. The summed E-state index contributed by atoms with van der Waals surface area (Å²) < 4.78 is 7.68. The van der Waals surface area contributed by atoms with Gasteiger partial charge in [0.2, 0.25) is 0 Å². The van der Waals surface area contributed by atoms with Crippen molar-refractivity contribution in [2.45, 2.75) is 71.1 Å². The molecule has 0 aliphatic rings. The van der Waals surface area contributed by atoms with Gasteiger partial charge in [0.15, 0.2) is 0 Å². The van der Waals surface area contributed by atoms with Crippen LogP contribution in [-0.4, -0.2) is 21.3 Å². The van der Waals surface area contributed by atoms with Crippen molar-refractivity contribution in [3.05, 3.63) is 70.9 Å². The molecule has 33 heavy (non-hydrogen) atoms. The molecule has 0 radical (unpaired) electrons. The zero-order valence-corrected chi connectivity index (χ0v) is 19.6. The number of nitrogens with zero attached hydrogens (tertiary/aromatic N) is 3. The molecule has 0 unspecified atom stereocenters. The minimum Gasteiger partial charge on any atom is -0.494 e. The van der Waals surface area contributed by atoms with Crippen LogP contribution in [0.5, 0.6) is 5.75 Å². The first kappa shape index (κ1) is 24.5. The molecular weight excluding hydrogens is 414 g/mol. The zero-order valence-electron chi connectivity index (χ0n) is 19.6. The van der Waals surface area contributed by atoms with Crippen molar-refractivity contribution >= 4 is 5.69 Å². The Morgan fingerprint density at radius 3 is 2.03 bits per heavy atom. The van der Waals surface area contributed by atoms with Gasteiger partial charge in [0.1, 0.15) is 5.75 Å². The third kappa shape index (κ3) is 8.04. The van der Waals surface area contributed by atoms with Gasteiger partial charge < -0.3 is 4.74 Å². The van der Waals surface area contributed by atoms with Gasteiger partial charge in [-0.1, -0.05) is 64.7 Å². The van der Waals surface area contributed by atoms with Gasteiger partial charge in [0.05, 0.1) is 22.9 Å². The number of aromatic nitrogens is 2. The molecule has 0 bridgehead atoms. The maximum atomic E-state index is 10.8. The first-order valence-electron chi connectivity index (χ1n) is 12.2. The van der Waals surface area contributed by atoms with Gasteiger partial charge in [-0.15, -0.1) is 0 Å². The van der Waals surface area contributed by atoms with Crippen LogP contribution in [-0.2, 0) is 0 Å². The van der Waals surface area contributed by atoms with Crippen molar-refractivity contribution in [1.29, 1.82) is 0 Å². The van der Waals surface area contributed by atoms with Crippen molar-refractivity contribution in [3.63, 3.8) is 0 Å². The number of hydrogen-bond donors (Lipinski definition) is 0. The quantitative estimate of drug-likeness (QED) is 0.135. The Hall–Kier alpha value is -3.15. The molecule has 0 saturated carbocycles. The number of ether oxygens (including phenoxy) is 1. The third-order valence-electron chi connectivity index (χ3n) is 5.83. The number of unbranched alkanes of at least 4 members (excludes halogenated alkanes) is 9. The van der Waals surface area contributed by atoms with E-state index < -0.39 is 4.92 Å². The molecule has 3 rings (SSSR count). The van der Waals surface area contributed by atoms with E-state index in [1.165, 1.54) is 69.9 Å². The van der Waals surface area contributed by atoms with Gasteiger partial charge in [-0.2, -0.15) is 5.10 Å². The van der Waals surface area contributed by atoms with Crippen LogP contribution < -0.4 is 4.74 Å². The maximum absolute atomic E-state index is 10.8. The van der Waals surface area contributed by atoms with Crippen LogP contribution in [0.4, 0.5) is 5.69 Å². The van der Waals surface area contributed by atoms with Crippen molar-refractivity contribution in [3.8, 4) is 22.7 Å². The van der Waals surface area contributed by atoms with Crippen LogP contribution in [0, 0.1) is 10.1 Å². The second-order valence-corrected chi connectivity index (χ2v) is 8.47. The molecule has 6 heteroatoms. The third-order valence-corrected chi connectivity index (χ3v) is 5.83. The van der Waals surface area contributed by atoms with Crippen LogP contribution in [0.2, 0.25) is 0 Å². The summed E-state index contributed by atoms with van der Waals surface area (Å²) in [5, 5.41) is 15.4. The van der Waals surface area contributed by atoms with E-state index in [-0.39, 0.29) is 5.69 Å². The average molecular weight is 450 g/mol. The summed E-state index contributed by atoms with van der Waals surface area (Å²) in [6.45, 7) is 3.01. The highest BCUT2D eigenvalue weighted by molar-refractivity contribution is 5.60. The van der Waals surface area contributed by atoms with Crippen molar-refractivity contribution in [1.82, 2.24) is 9.78 Å². The van der Waals surface area contributed by atoms with E-state index in [0.717, 1.165) is 35.7 Å². The minimum absolute atomic E-state index is 0.0755. The van der Waals surface area contributed by atoms with Crippen LogP contribution in [0.1, 0.15) is 71.1 Å². The average Bonchev–Trinajstić information content (AvgIpc) is 3.33. The lowest BCUT2D eigenvalue weighted by molar-refractivity contribution is -0.384. The molecule has 2 aromatic carbocycles. The summed E-state index contributed by atoms with van der Waals surface area (Å²) in [6, 6.07) is 16.2. The van der Waals surface area contributed by atoms with E-state index in [0.29, 0.717) is 0 Å². The summed E-state index contributed by atoms with van der Waals surface area (Å²) in [5.74, 6) is 0.873. The van der Waals surface area contributed by atoms with Gasteiger partial charge in [0, 0.05) is 23.9 Å². The van der Waals surface area contributed by atoms with E-state index in [2.05, 4.69) is 12.0 Å². The Labute approximate surface area is 196 Å². The highest BCUT2D eigenvalue weighted by Gasteiger charge is 2.08. The molecule has 1 heterocycles. The predicted molar refractivity (Wildman–Crippen MR) is 133 cm³/mol. The highest BCUT2D eigenvalue weighted by Crippen LogP contribution is 2.22. The molecule has 0 aliphatic heterocycles. The van der Waals surface area contributed by atoms with Crippen molar-refractivity contribution < 1.29 is 9.66 Å². The summed E-state index contributed by atoms with van der Waals surface area (Å²) in [7, 11) is 0. The van der Waals surface area contributed by atoms with Gasteiger partial charge >= 0.3 is 0 Å². The lowest BCUT2D eigenvalue weighted by Crippen LogP contribution is -1.99. The largest absolute Gasteiger partial charge is 0.494 e. The Bertz CT molecular complexity index is 965. The molecule has 0 fully saturated rings. The first-order valence-corrected chi connectivity index (χ1v) is 12.2. The van der Waals surface area contributed by atoms with Gasteiger partial charge in [0.25, 0.3) is 5.69 Å². The molecule has 0 atom stereocenters. The number of nitro groups is 1. The summed E-state index contributed by atoms with van der Waals surface area (Å²) in [5.41, 5.74) is 2.63. The fraction of sp³-hybridized carbons (Fsp3) is 0.444. The van der Waals surface area contributed by atoms with E-state index in [1.54, 1.807) is 16.8 Å². The summed E-state index contributed by atoms with van der Waals surface area (Å²) >= 11 is 0. The molecule has 0 saturated heterocycles. The van der Waals surface area contributed by atoms with Crippen LogP contribution >= 0.6 is 0 Å². The lowest BCUT2D eigenvalue weighted by atomic mass is 10.1. The monoisotopic (exact) mass is 449 g/mol. The predicted octanol–water partition coefficient (Wildman–Crippen LogP) is 7.75. The Morgan fingerprint density at radius 2 is 1.42 bits per heavy atom. The topological polar surface area (TPSA) is 70.2 Å². The number of nitro benzene ring substituents is 1. The normalized spacial score (nSPS) is 10.9. The van der Waals surface area contributed by atoms with E-state index in [1.807, 2.05) is 36.5 Å². The second kappa shape index (κ2) is 13.4. The molecule has 3 aromatic rings. The molecule has 6 nitrogen and oxygen atoms in total.